The Morgan fingerprint density at radius 3 is 2.95 bits per heavy atom. The van der Waals surface area contributed by atoms with E-state index < -0.39 is 0 Å². The third kappa shape index (κ3) is 4.26. The molecule has 0 fully saturated rings. The van der Waals surface area contributed by atoms with Gasteiger partial charge in [0, 0.05) is 16.9 Å². The minimum atomic E-state index is 0.570. The molecule has 0 radical (unpaired) electrons. The molecule has 19 heavy (non-hydrogen) atoms. The molecule has 100 valence electrons. The summed E-state index contributed by atoms with van der Waals surface area (Å²) in [5.74, 6) is 0.596. The van der Waals surface area contributed by atoms with Gasteiger partial charge in [-0.25, -0.2) is 4.98 Å². The Balaban J connectivity index is 2.12. The molecule has 2 rings (SSSR count). The van der Waals surface area contributed by atoms with Gasteiger partial charge in [-0.15, -0.1) is 0 Å². The van der Waals surface area contributed by atoms with Crippen LogP contribution < -0.4 is 9.46 Å². The normalized spacial score (nSPS) is 10.3. The summed E-state index contributed by atoms with van der Waals surface area (Å²) in [4.78, 5) is 9.12. The van der Waals surface area contributed by atoms with Gasteiger partial charge in [-0.05, 0) is 46.9 Å². The molecule has 0 unspecified atom stereocenters. The number of hydrogen-bond acceptors (Lipinski definition) is 5. The summed E-state index contributed by atoms with van der Waals surface area (Å²) in [5, 5.41) is 0.586. The highest BCUT2D eigenvalue weighted by Gasteiger charge is 2.07. The minimum Gasteiger partial charge on any atom is -0.477 e. The summed E-state index contributed by atoms with van der Waals surface area (Å²) in [7, 11) is 0. The Morgan fingerprint density at radius 1 is 1.37 bits per heavy atom. The summed E-state index contributed by atoms with van der Waals surface area (Å²) in [5.41, 5.74) is 0.819. The van der Waals surface area contributed by atoms with Crippen molar-refractivity contribution in [3.05, 3.63) is 40.2 Å². The van der Waals surface area contributed by atoms with Crippen LogP contribution in [-0.4, -0.2) is 16.6 Å². The van der Waals surface area contributed by atoms with Crippen molar-refractivity contribution < 1.29 is 4.74 Å². The fraction of sp³-hybridized carbons (Fsp3) is 0.167. The Bertz CT molecular complexity index is 570. The monoisotopic (exact) mass is 359 g/mol. The summed E-state index contributed by atoms with van der Waals surface area (Å²) in [6, 6.07) is 3.74. The topological polar surface area (TPSA) is 47.0 Å². The fourth-order valence-corrected chi connectivity index (χ4v) is 2.69. The molecule has 7 heteroatoms. The third-order valence-corrected chi connectivity index (χ3v) is 3.54. The van der Waals surface area contributed by atoms with Crippen molar-refractivity contribution in [3.63, 3.8) is 0 Å². The second-order valence-corrected chi connectivity index (χ2v) is 5.69. The van der Waals surface area contributed by atoms with Gasteiger partial charge in [-0.2, -0.15) is 0 Å². The number of pyridine rings is 2. The summed E-state index contributed by atoms with van der Waals surface area (Å²) < 4.78 is 9.52. The SMILES string of the molecule is CCOc1ncc(Br)cc1SNc1cncc(Cl)c1. The predicted octanol–water partition coefficient (Wildman–Crippen LogP) is 4.41. The molecule has 0 aromatic carbocycles. The second-order valence-electron chi connectivity index (χ2n) is 3.49. The van der Waals surface area contributed by atoms with Crippen LogP contribution in [0.25, 0.3) is 0 Å². The number of ether oxygens (including phenoxy) is 1. The van der Waals surface area contributed by atoms with Gasteiger partial charge in [0.1, 0.15) is 0 Å². The second kappa shape index (κ2) is 6.98. The molecule has 0 amide bonds. The first-order valence-electron chi connectivity index (χ1n) is 5.51. The summed E-state index contributed by atoms with van der Waals surface area (Å²) in [6.45, 7) is 2.49. The van der Waals surface area contributed by atoms with Gasteiger partial charge in [-0.1, -0.05) is 11.6 Å². The molecule has 1 N–H and O–H groups in total. The van der Waals surface area contributed by atoms with E-state index in [1.54, 1.807) is 24.7 Å². The molecule has 2 aromatic rings. The number of aromatic nitrogens is 2. The number of hydrogen-bond donors (Lipinski definition) is 1. The summed E-state index contributed by atoms with van der Waals surface area (Å²) >= 11 is 10.7. The maximum atomic E-state index is 5.88. The van der Waals surface area contributed by atoms with Gasteiger partial charge < -0.3 is 9.46 Å². The number of anilines is 1. The number of nitrogens with zero attached hydrogens (tertiary/aromatic N) is 2. The van der Waals surface area contributed by atoms with Crippen molar-refractivity contribution in [2.24, 2.45) is 0 Å². The molecule has 2 aromatic heterocycles. The van der Waals surface area contributed by atoms with Crippen LogP contribution in [0.15, 0.2) is 40.1 Å². The first kappa shape index (κ1) is 14.4. The number of rotatable bonds is 5. The highest BCUT2D eigenvalue weighted by atomic mass is 79.9. The zero-order chi connectivity index (χ0) is 13.7. The maximum Gasteiger partial charge on any atom is 0.229 e. The average Bonchev–Trinajstić information content (AvgIpc) is 2.39. The van der Waals surface area contributed by atoms with Crippen LogP contribution in [0.2, 0.25) is 5.02 Å². The van der Waals surface area contributed by atoms with Crippen LogP contribution >= 0.6 is 39.5 Å². The third-order valence-electron chi connectivity index (χ3n) is 2.05. The molecule has 0 atom stereocenters. The highest BCUT2D eigenvalue weighted by molar-refractivity contribution is 9.10. The molecule has 0 aliphatic heterocycles. The van der Waals surface area contributed by atoms with Crippen molar-refractivity contribution in [1.82, 2.24) is 9.97 Å². The standard InChI is InChI=1S/C12H11BrClN3OS/c1-2-18-12-11(3-8(13)5-16-12)19-17-10-4-9(14)6-15-7-10/h3-7,17H,2H2,1H3. The molecule has 0 aliphatic carbocycles. The number of halogens is 2. The van der Waals surface area contributed by atoms with E-state index >= 15 is 0 Å². The molecule has 4 nitrogen and oxygen atoms in total. The molecular formula is C12H11BrClN3OS. The van der Waals surface area contributed by atoms with Crippen molar-refractivity contribution in [1.29, 1.82) is 0 Å². The lowest BCUT2D eigenvalue weighted by Crippen LogP contribution is -1.97. The maximum absolute atomic E-state index is 5.88. The van der Waals surface area contributed by atoms with Gasteiger partial charge in [0.15, 0.2) is 0 Å². The lowest BCUT2D eigenvalue weighted by atomic mass is 10.4. The van der Waals surface area contributed by atoms with E-state index in [1.165, 1.54) is 11.9 Å². The number of nitrogens with one attached hydrogen (secondary N) is 1. The largest absolute Gasteiger partial charge is 0.477 e. The van der Waals surface area contributed by atoms with Crippen LogP contribution in [0.4, 0.5) is 5.69 Å². The van der Waals surface area contributed by atoms with Crippen LogP contribution in [0, 0.1) is 0 Å². The molecule has 0 saturated heterocycles. The fourth-order valence-electron chi connectivity index (χ4n) is 1.31. The smallest absolute Gasteiger partial charge is 0.229 e. The Labute approximate surface area is 129 Å². The van der Waals surface area contributed by atoms with Gasteiger partial charge in [0.25, 0.3) is 0 Å². The van der Waals surface area contributed by atoms with Gasteiger partial charge in [0.05, 0.1) is 28.4 Å². The molecular weight excluding hydrogens is 350 g/mol. The zero-order valence-corrected chi connectivity index (χ0v) is 13.2. The van der Waals surface area contributed by atoms with Crippen molar-refractivity contribution in [3.8, 4) is 5.88 Å². The van der Waals surface area contributed by atoms with E-state index in [1.807, 2.05) is 13.0 Å². The van der Waals surface area contributed by atoms with Crippen LogP contribution in [0.3, 0.4) is 0 Å². The molecule has 0 spiro atoms. The lowest BCUT2D eigenvalue weighted by Gasteiger charge is -2.10. The molecule has 0 aliphatic rings. The van der Waals surface area contributed by atoms with Gasteiger partial charge in [0.2, 0.25) is 5.88 Å². The van der Waals surface area contributed by atoms with Crippen LogP contribution in [0.1, 0.15) is 6.92 Å². The van der Waals surface area contributed by atoms with E-state index in [2.05, 4.69) is 30.6 Å². The minimum absolute atomic E-state index is 0.570. The predicted molar refractivity (Wildman–Crippen MR) is 81.8 cm³/mol. The van der Waals surface area contributed by atoms with E-state index in [0.717, 1.165) is 15.1 Å². The van der Waals surface area contributed by atoms with Crippen LogP contribution in [0.5, 0.6) is 5.88 Å². The lowest BCUT2D eigenvalue weighted by molar-refractivity contribution is 0.318. The molecule has 0 saturated carbocycles. The summed E-state index contributed by atoms with van der Waals surface area (Å²) in [6.07, 6.45) is 4.99. The Kier molecular flexibility index (Phi) is 5.30. The van der Waals surface area contributed by atoms with E-state index in [4.69, 9.17) is 16.3 Å². The Morgan fingerprint density at radius 2 is 2.21 bits per heavy atom. The first-order chi connectivity index (χ1) is 9.19. The molecule has 0 bridgehead atoms. The van der Waals surface area contributed by atoms with E-state index in [-0.39, 0.29) is 0 Å². The van der Waals surface area contributed by atoms with Gasteiger partial charge in [-0.3, -0.25) is 4.98 Å². The van der Waals surface area contributed by atoms with E-state index in [9.17, 15) is 0 Å². The van der Waals surface area contributed by atoms with Crippen molar-refractivity contribution in [2.75, 3.05) is 11.3 Å². The van der Waals surface area contributed by atoms with E-state index in [0.29, 0.717) is 17.5 Å². The zero-order valence-electron chi connectivity index (χ0n) is 10.1. The first-order valence-corrected chi connectivity index (χ1v) is 7.49. The highest BCUT2D eigenvalue weighted by Crippen LogP contribution is 2.31. The molecule has 2 heterocycles. The van der Waals surface area contributed by atoms with Gasteiger partial charge >= 0.3 is 0 Å². The van der Waals surface area contributed by atoms with Crippen molar-refractivity contribution >= 4 is 45.2 Å². The van der Waals surface area contributed by atoms with Crippen LogP contribution in [-0.2, 0) is 0 Å². The average molecular weight is 361 g/mol. The van der Waals surface area contributed by atoms with Crippen molar-refractivity contribution in [2.45, 2.75) is 11.8 Å². The Hall–Kier alpha value is -0.980. The quantitative estimate of drug-likeness (QED) is 0.800.